The molecule has 0 saturated heterocycles. The van der Waals surface area contributed by atoms with E-state index in [1.165, 1.54) is 31.4 Å². The zero-order valence-corrected chi connectivity index (χ0v) is 13.0. The molecule has 2 aromatic rings. The number of aliphatic hydroxyl groups excluding tert-OH is 1. The smallest absolute Gasteiger partial charge is 0.123 e. The predicted molar refractivity (Wildman–Crippen MR) is 84.7 cm³/mol. The molecule has 0 bridgehead atoms. The molecule has 2 atom stereocenters. The molecule has 0 radical (unpaired) electrons. The van der Waals surface area contributed by atoms with E-state index in [0.717, 1.165) is 27.8 Å². The van der Waals surface area contributed by atoms with E-state index in [0.29, 0.717) is 5.92 Å². The Morgan fingerprint density at radius 3 is 2.75 bits per heavy atom. The Kier molecular flexibility index (Phi) is 5.55. The van der Waals surface area contributed by atoms with E-state index in [4.69, 9.17) is 0 Å². The van der Waals surface area contributed by atoms with Crippen LogP contribution in [-0.4, -0.2) is 5.11 Å². The molecule has 2 rings (SSSR count). The van der Waals surface area contributed by atoms with Crippen LogP contribution in [0.5, 0.6) is 0 Å². The number of thiophene rings is 1. The molecular formula is C17H23FOS. The van der Waals surface area contributed by atoms with Gasteiger partial charge in [0.15, 0.2) is 0 Å². The Morgan fingerprint density at radius 2 is 2.05 bits per heavy atom. The topological polar surface area (TPSA) is 20.2 Å². The molecule has 110 valence electrons. The summed E-state index contributed by atoms with van der Waals surface area (Å²) in [5.41, 5.74) is 0. The number of benzene rings is 1. The van der Waals surface area contributed by atoms with E-state index in [1.807, 2.05) is 6.07 Å². The first-order valence-corrected chi connectivity index (χ1v) is 8.32. The monoisotopic (exact) mass is 294 g/mol. The van der Waals surface area contributed by atoms with Crippen molar-refractivity contribution in [1.29, 1.82) is 0 Å². The molecule has 0 aliphatic heterocycles. The predicted octanol–water partition coefficient (Wildman–Crippen LogP) is 5.68. The van der Waals surface area contributed by atoms with Crippen LogP contribution < -0.4 is 0 Å². The second-order valence-corrected chi connectivity index (χ2v) is 6.61. The van der Waals surface area contributed by atoms with Gasteiger partial charge in [-0.2, -0.15) is 0 Å². The van der Waals surface area contributed by atoms with E-state index in [2.05, 4.69) is 13.8 Å². The van der Waals surface area contributed by atoms with Crippen LogP contribution in [0.3, 0.4) is 0 Å². The number of hydrogen-bond acceptors (Lipinski definition) is 2. The first-order chi connectivity index (χ1) is 9.63. The van der Waals surface area contributed by atoms with Crippen LogP contribution in [0.1, 0.15) is 56.9 Å². The second kappa shape index (κ2) is 7.19. The summed E-state index contributed by atoms with van der Waals surface area (Å²) in [5.74, 6) is 0.359. The average Bonchev–Trinajstić information content (AvgIpc) is 2.86. The van der Waals surface area contributed by atoms with Crippen molar-refractivity contribution in [3.05, 3.63) is 35.0 Å². The molecule has 0 amide bonds. The highest BCUT2D eigenvalue weighted by molar-refractivity contribution is 7.19. The molecule has 1 N–H and O–H groups in total. The molecule has 3 heteroatoms. The lowest BCUT2D eigenvalue weighted by molar-refractivity contribution is 0.142. The van der Waals surface area contributed by atoms with Gasteiger partial charge in [-0.25, -0.2) is 4.39 Å². The summed E-state index contributed by atoms with van der Waals surface area (Å²) in [6, 6.07) is 6.74. The number of halogens is 1. The van der Waals surface area contributed by atoms with Gasteiger partial charge in [0, 0.05) is 9.58 Å². The zero-order valence-electron chi connectivity index (χ0n) is 12.2. The van der Waals surface area contributed by atoms with Gasteiger partial charge in [0.2, 0.25) is 0 Å². The molecule has 0 aliphatic rings. The van der Waals surface area contributed by atoms with Gasteiger partial charge in [-0.05, 0) is 42.0 Å². The van der Waals surface area contributed by atoms with Crippen LogP contribution in [0, 0.1) is 11.7 Å². The van der Waals surface area contributed by atoms with Crippen molar-refractivity contribution in [1.82, 2.24) is 0 Å². The van der Waals surface area contributed by atoms with Crippen LogP contribution in [0.25, 0.3) is 10.1 Å². The van der Waals surface area contributed by atoms with Crippen LogP contribution in [0.15, 0.2) is 24.3 Å². The Balaban J connectivity index is 2.08. The van der Waals surface area contributed by atoms with E-state index in [-0.39, 0.29) is 5.82 Å². The Bertz CT molecular complexity index is 549. The maximum Gasteiger partial charge on any atom is 0.123 e. The van der Waals surface area contributed by atoms with Gasteiger partial charge in [0.1, 0.15) is 5.82 Å². The van der Waals surface area contributed by atoms with Gasteiger partial charge < -0.3 is 5.11 Å². The van der Waals surface area contributed by atoms with Crippen LogP contribution >= 0.6 is 11.3 Å². The second-order valence-electron chi connectivity index (χ2n) is 5.50. The van der Waals surface area contributed by atoms with Crippen molar-refractivity contribution in [3.8, 4) is 0 Å². The van der Waals surface area contributed by atoms with Crippen molar-refractivity contribution in [2.75, 3.05) is 0 Å². The lowest BCUT2D eigenvalue weighted by atomic mass is 9.92. The van der Waals surface area contributed by atoms with Crippen molar-refractivity contribution in [2.45, 2.75) is 52.1 Å². The lowest BCUT2D eigenvalue weighted by Crippen LogP contribution is -2.05. The third-order valence-corrected chi connectivity index (χ3v) is 5.14. The molecule has 1 aromatic carbocycles. The highest BCUT2D eigenvalue weighted by Gasteiger charge is 2.16. The van der Waals surface area contributed by atoms with E-state index >= 15 is 0 Å². The maximum atomic E-state index is 13.2. The standard InChI is InChI=1S/C17H23FOS/c1-3-5-6-12(4-2)9-15(19)17-11-13-10-14(18)7-8-16(13)20-17/h7-8,10-12,15,19H,3-6,9H2,1-2H3. The quantitative estimate of drug-likeness (QED) is 0.696. The molecule has 0 aliphatic carbocycles. The van der Waals surface area contributed by atoms with Crippen LogP contribution in [-0.2, 0) is 0 Å². The fourth-order valence-electron chi connectivity index (χ4n) is 2.61. The molecule has 2 unspecified atom stereocenters. The SMILES string of the molecule is CCCCC(CC)CC(O)c1cc2cc(F)ccc2s1. The number of aliphatic hydroxyl groups is 1. The molecule has 1 heterocycles. The van der Waals surface area contributed by atoms with Gasteiger partial charge in [0.25, 0.3) is 0 Å². The molecule has 0 fully saturated rings. The zero-order chi connectivity index (χ0) is 14.5. The Morgan fingerprint density at radius 1 is 1.25 bits per heavy atom. The van der Waals surface area contributed by atoms with Crippen molar-refractivity contribution < 1.29 is 9.50 Å². The highest BCUT2D eigenvalue weighted by Crippen LogP contribution is 2.34. The summed E-state index contributed by atoms with van der Waals surface area (Å²) in [4.78, 5) is 0.959. The van der Waals surface area contributed by atoms with E-state index < -0.39 is 6.10 Å². The first-order valence-electron chi connectivity index (χ1n) is 7.51. The highest BCUT2D eigenvalue weighted by atomic mass is 32.1. The molecule has 0 saturated carbocycles. The first kappa shape index (κ1) is 15.5. The van der Waals surface area contributed by atoms with Crippen molar-refractivity contribution in [3.63, 3.8) is 0 Å². The minimum atomic E-state index is -0.419. The minimum Gasteiger partial charge on any atom is -0.388 e. The van der Waals surface area contributed by atoms with Crippen molar-refractivity contribution >= 4 is 21.4 Å². The average molecular weight is 294 g/mol. The van der Waals surface area contributed by atoms with Crippen LogP contribution in [0.2, 0.25) is 0 Å². The summed E-state index contributed by atoms with van der Waals surface area (Å²) in [6.45, 7) is 4.39. The van der Waals surface area contributed by atoms with E-state index in [1.54, 1.807) is 17.4 Å². The Hall–Kier alpha value is -0.930. The van der Waals surface area contributed by atoms with Gasteiger partial charge in [-0.3, -0.25) is 0 Å². The summed E-state index contributed by atoms with van der Waals surface area (Å²) >= 11 is 1.57. The molecule has 1 aromatic heterocycles. The Labute approximate surface area is 124 Å². The lowest BCUT2D eigenvalue weighted by Gasteiger charge is -2.17. The molecule has 1 nitrogen and oxygen atoms in total. The summed E-state index contributed by atoms with van der Waals surface area (Å²) in [7, 11) is 0. The molecule has 0 spiro atoms. The number of rotatable bonds is 7. The third-order valence-electron chi connectivity index (χ3n) is 3.93. The normalized spacial score (nSPS) is 14.6. The van der Waals surface area contributed by atoms with Gasteiger partial charge in [-0.15, -0.1) is 11.3 Å². The minimum absolute atomic E-state index is 0.217. The molecule has 20 heavy (non-hydrogen) atoms. The molecular weight excluding hydrogens is 271 g/mol. The maximum absolute atomic E-state index is 13.2. The fourth-order valence-corrected chi connectivity index (χ4v) is 3.66. The van der Waals surface area contributed by atoms with E-state index in [9.17, 15) is 9.50 Å². The number of unbranched alkanes of at least 4 members (excludes halogenated alkanes) is 1. The third kappa shape index (κ3) is 3.80. The van der Waals surface area contributed by atoms with Gasteiger partial charge in [0.05, 0.1) is 6.10 Å². The van der Waals surface area contributed by atoms with Crippen LogP contribution in [0.4, 0.5) is 4.39 Å². The summed E-state index contributed by atoms with van der Waals surface area (Å²) in [5, 5.41) is 11.3. The summed E-state index contributed by atoms with van der Waals surface area (Å²) in [6.07, 6.45) is 5.11. The van der Waals surface area contributed by atoms with Gasteiger partial charge in [-0.1, -0.05) is 39.5 Å². The number of fused-ring (bicyclic) bond motifs is 1. The largest absolute Gasteiger partial charge is 0.388 e. The van der Waals surface area contributed by atoms with Crippen molar-refractivity contribution in [2.24, 2.45) is 5.92 Å². The van der Waals surface area contributed by atoms with Gasteiger partial charge >= 0.3 is 0 Å². The fraction of sp³-hybridized carbons (Fsp3) is 0.529. The number of hydrogen-bond donors (Lipinski definition) is 1. The summed E-state index contributed by atoms with van der Waals surface area (Å²) < 4.78 is 14.2.